The van der Waals surface area contributed by atoms with Gasteiger partial charge in [0.1, 0.15) is 0 Å². The van der Waals surface area contributed by atoms with Gasteiger partial charge in [-0.1, -0.05) is 6.07 Å². The van der Waals surface area contributed by atoms with E-state index in [0.29, 0.717) is 38.9 Å². The SMILES string of the molecule is Cc1nn(CCC#N)c(C)c1CCC(=O)N(Cc1cccnc1)CC1CCCO1. The van der Waals surface area contributed by atoms with Crippen LogP contribution in [0.1, 0.15) is 48.2 Å². The van der Waals surface area contributed by atoms with E-state index in [9.17, 15) is 4.79 Å². The summed E-state index contributed by atoms with van der Waals surface area (Å²) in [5.41, 5.74) is 4.11. The van der Waals surface area contributed by atoms with Gasteiger partial charge < -0.3 is 9.64 Å². The smallest absolute Gasteiger partial charge is 0.223 e. The van der Waals surface area contributed by atoms with Gasteiger partial charge in [0.2, 0.25) is 5.91 Å². The molecule has 0 saturated carbocycles. The molecule has 0 spiro atoms. The highest BCUT2D eigenvalue weighted by Gasteiger charge is 2.23. The van der Waals surface area contributed by atoms with Crippen molar-refractivity contribution in [2.24, 2.45) is 0 Å². The number of carbonyl (C=O) groups excluding carboxylic acids is 1. The molecule has 1 atom stereocenters. The van der Waals surface area contributed by atoms with Gasteiger partial charge in [-0.2, -0.15) is 10.4 Å². The lowest BCUT2D eigenvalue weighted by molar-refractivity contribution is -0.133. The largest absolute Gasteiger partial charge is 0.376 e. The molecule has 0 aliphatic carbocycles. The van der Waals surface area contributed by atoms with Gasteiger partial charge in [0, 0.05) is 44.2 Å². The van der Waals surface area contributed by atoms with Gasteiger partial charge in [-0.05, 0) is 50.3 Å². The molecular weight excluding hydrogens is 366 g/mol. The van der Waals surface area contributed by atoms with Crippen molar-refractivity contribution in [3.63, 3.8) is 0 Å². The fraction of sp³-hybridized carbons (Fsp3) is 0.545. The van der Waals surface area contributed by atoms with Gasteiger partial charge in [0.05, 0.1) is 30.8 Å². The van der Waals surface area contributed by atoms with E-state index in [0.717, 1.165) is 42.0 Å². The molecule has 1 aliphatic rings. The zero-order chi connectivity index (χ0) is 20.6. The van der Waals surface area contributed by atoms with Crippen molar-refractivity contribution in [3.05, 3.63) is 47.0 Å². The number of hydrogen-bond donors (Lipinski definition) is 0. The number of aromatic nitrogens is 3. The van der Waals surface area contributed by atoms with Gasteiger partial charge in [-0.25, -0.2) is 0 Å². The van der Waals surface area contributed by atoms with Crippen LogP contribution in [0.25, 0.3) is 0 Å². The van der Waals surface area contributed by atoms with E-state index in [1.165, 1.54) is 0 Å². The summed E-state index contributed by atoms with van der Waals surface area (Å²) in [6, 6.07) is 6.05. The van der Waals surface area contributed by atoms with Crippen molar-refractivity contribution < 1.29 is 9.53 Å². The van der Waals surface area contributed by atoms with E-state index in [1.54, 1.807) is 6.20 Å². The Hall–Kier alpha value is -2.72. The number of aryl methyl sites for hydroxylation is 2. The van der Waals surface area contributed by atoms with Crippen molar-refractivity contribution in [1.29, 1.82) is 5.26 Å². The number of ether oxygens (including phenoxy) is 1. The molecule has 3 rings (SSSR count). The second-order valence-corrected chi connectivity index (χ2v) is 7.55. The Morgan fingerprint density at radius 1 is 1.45 bits per heavy atom. The molecule has 1 unspecified atom stereocenters. The van der Waals surface area contributed by atoms with Crippen LogP contribution in [0.4, 0.5) is 0 Å². The van der Waals surface area contributed by atoms with Crippen molar-refractivity contribution in [2.45, 2.75) is 65.1 Å². The first-order valence-electron chi connectivity index (χ1n) is 10.3. The van der Waals surface area contributed by atoms with E-state index in [-0.39, 0.29) is 12.0 Å². The van der Waals surface area contributed by atoms with Crippen molar-refractivity contribution in [2.75, 3.05) is 13.2 Å². The van der Waals surface area contributed by atoms with E-state index in [4.69, 9.17) is 10.00 Å². The van der Waals surface area contributed by atoms with Crippen molar-refractivity contribution >= 4 is 5.91 Å². The maximum Gasteiger partial charge on any atom is 0.223 e. The summed E-state index contributed by atoms with van der Waals surface area (Å²) in [5.74, 6) is 0.118. The molecule has 3 heterocycles. The molecule has 154 valence electrons. The molecule has 1 amide bonds. The predicted molar refractivity (Wildman–Crippen MR) is 109 cm³/mol. The molecule has 2 aromatic rings. The maximum atomic E-state index is 13.1. The Kier molecular flexibility index (Phi) is 7.36. The predicted octanol–water partition coefficient (Wildman–Crippen LogP) is 2.95. The fourth-order valence-corrected chi connectivity index (χ4v) is 3.86. The monoisotopic (exact) mass is 395 g/mol. The van der Waals surface area contributed by atoms with E-state index in [1.807, 2.05) is 41.8 Å². The van der Waals surface area contributed by atoms with Crippen LogP contribution in [0.2, 0.25) is 0 Å². The Morgan fingerprint density at radius 2 is 2.31 bits per heavy atom. The molecule has 0 N–H and O–H groups in total. The molecular formula is C22H29N5O2. The zero-order valence-electron chi connectivity index (χ0n) is 17.3. The fourth-order valence-electron chi connectivity index (χ4n) is 3.86. The molecule has 1 aliphatic heterocycles. The van der Waals surface area contributed by atoms with Crippen LogP contribution in [0.3, 0.4) is 0 Å². The zero-order valence-corrected chi connectivity index (χ0v) is 17.3. The van der Waals surface area contributed by atoms with Crippen LogP contribution in [0, 0.1) is 25.2 Å². The lowest BCUT2D eigenvalue weighted by atomic mass is 10.1. The Labute approximate surface area is 172 Å². The molecule has 29 heavy (non-hydrogen) atoms. The van der Waals surface area contributed by atoms with Gasteiger partial charge in [-0.3, -0.25) is 14.5 Å². The summed E-state index contributed by atoms with van der Waals surface area (Å²) in [7, 11) is 0. The second-order valence-electron chi connectivity index (χ2n) is 7.55. The third-order valence-electron chi connectivity index (χ3n) is 5.45. The minimum atomic E-state index is 0.118. The summed E-state index contributed by atoms with van der Waals surface area (Å²) in [5, 5.41) is 13.3. The van der Waals surface area contributed by atoms with Gasteiger partial charge in [-0.15, -0.1) is 0 Å². The Morgan fingerprint density at radius 3 is 3.00 bits per heavy atom. The second kappa shape index (κ2) is 10.2. The molecule has 7 nitrogen and oxygen atoms in total. The number of rotatable bonds is 9. The molecule has 0 radical (unpaired) electrons. The van der Waals surface area contributed by atoms with E-state index >= 15 is 0 Å². The summed E-state index contributed by atoms with van der Waals surface area (Å²) in [6.45, 7) is 6.51. The molecule has 1 fully saturated rings. The number of hydrogen-bond acceptors (Lipinski definition) is 5. The first kappa shape index (κ1) is 21.0. The third kappa shape index (κ3) is 5.64. The highest BCUT2D eigenvalue weighted by Crippen LogP contribution is 2.19. The van der Waals surface area contributed by atoms with Crippen molar-refractivity contribution in [3.8, 4) is 6.07 Å². The highest BCUT2D eigenvalue weighted by molar-refractivity contribution is 5.76. The van der Waals surface area contributed by atoms with Crippen LogP contribution in [-0.4, -0.2) is 44.8 Å². The molecule has 7 heteroatoms. The normalized spacial score (nSPS) is 16.0. The summed E-state index contributed by atoms with van der Waals surface area (Å²) in [4.78, 5) is 19.2. The number of nitriles is 1. The average molecular weight is 396 g/mol. The van der Waals surface area contributed by atoms with Crippen LogP contribution < -0.4 is 0 Å². The number of amides is 1. The van der Waals surface area contributed by atoms with E-state index in [2.05, 4.69) is 16.2 Å². The van der Waals surface area contributed by atoms with Crippen LogP contribution in [-0.2, 0) is 29.0 Å². The highest BCUT2D eigenvalue weighted by atomic mass is 16.5. The van der Waals surface area contributed by atoms with Crippen LogP contribution >= 0.6 is 0 Å². The van der Waals surface area contributed by atoms with Gasteiger partial charge in [0.15, 0.2) is 0 Å². The molecule has 2 aromatic heterocycles. The Bertz CT molecular complexity index is 850. The minimum Gasteiger partial charge on any atom is -0.376 e. The molecule has 1 saturated heterocycles. The average Bonchev–Trinajstić information content (AvgIpc) is 3.33. The lowest BCUT2D eigenvalue weighted by Gasteiger charge is -2.25. The number of pyridine rings is 1. The Balaban J connectivity index is 1.66. The first-order chi connectivity index (χ1) is 14.1. The van der Waals surface area contributed by atoms with Crippen molar-refractivity contribution in [1.82, 2.24) is 19.7 Å². The van der Waals surface area contributed by atoms with E-state index < -0.39 is 0 Å². The van der Waals surface area contributed by atoms with Gasteiger partial charge >= 0.3 is 0 Å². The first-order valence-corrected chi connectivity index (χ1v) is 10.3. The number of carbonyl (C=O) groups is 1. The maximum absolute atomic E-state index is 13.1. The van der Waals surface area contributed by atoms with Crippen LogP contribution in [0.15, 0.2) is 24.5 Å². The number of nitrogens with zero attached hydrogens (tertiary/aromatic N) is 5. The third-order valence-corrected chi connectivity index (χ3v) is 5.45. The topological polar surface area (TPSA) is 84.0 Å². The summed E-state index contributed by atoms with van der Waals surface area (Å²) < 4.78 is 7.64. The minimum absolute atomic E-state index is 0.118. The lowest BCUT2D eigenvalue weighted by Crippen LogP contribution is -2.37. The molecule has 0 bridgehead atoms. The van der Waals surface area contributed by atoms with Crippen LogP contribution in [0.5, 0.6) is 0 Å². The summed E-state index contributed by atoms with van der Waals surface area (Å²) in [6.07, 6.45) is 7.24. The molecule has 0 aromatic carbocycles. The quantitative estimate of drug-likeness (QED) is 0.652. The van der Waals surface area contributed by atoms with Gasteiger partial charge in [0.25, 0.3) is 0 Å². The summed E-state index contributed by atoms with van der Waals surface area (Å²) >= 11 is 0. The standard InChI is InChI=1S/C22H29N5O2/c1-17-21(18(2)27(25-17)12-5-10-23)8-9-22(28)26(16-20-7-4-13-29-20)15-19-6-3-11-24-14-19/h3,6,11,14,20H,4-5,7-9,12-13,15-16H2,1-2H3.